The van der Waals surface area contributed by atoms with Crippen LogP contribution in [0.4, 0.5) is 13.2 Å². The summed E-state index contributed by atoms with van der Waals surface area (Å²) in [7, 11) is -3.97. The van der Waals surface area contributed by atoms with Crippen LogP contribution in [0.25, 0.3) is 0 Å². The van der Waals surface area contributed by atoms with Crippen LogP contribution in [0, 0.1) is 23.1 Å². The minimum Gasteiger partial charge on any atom is -0.350 e. The molecule has 4 rings (SSSR count). The summed E-state index contributed by atoms with van der Waals surface area (Å²) in [6, 6.07) is 6.61. The Morgan fingerprint density at radius 1 is 1.24 bits per heavy atom. The molecule has 3 heterocycles. The fourth-order valence-corrected chi connectivity index (χ4v) is 5.73. The molecule has 1 atom stereocenters. The first-order valence-corrected chi connectivity index (χ1v) is 13.0. The molecule has 0 unspecified atom stereocenters. The summed E-state index contributed by atoms with van der Waals surface area (Å²) >= 11 is 0. The Labute approximate surface area is 211 Å². The predicted octanol–water partition coefficient (Wildman–Crippen LogP) is 2.40. The van der Waals surface area contributed by atoms with E-state index in [1.165, 1.54) is 23.2 Å². The van der Waals surface area contributed by atoms with Gasteiger partial charge in [-0.15, -0.1) is 0 Å². The third-order valence-electron chi connectivity index (χ3n) is 6.45. The number of carbonyl (C=O) groups is 2. The summed E-state index contributed by atoms with van der Waals surface area (Å²) < 4.78 is 67.7. The van der Waals surface area contributed by atoms with Crippen LogP contribution >= 0.6 is 0 Å². The zero-order valence-corrected chi connectivity index (χ0v) is 20.6. The van der Waals surface area contributed by atoms with Crippen LogP contribution in [0.15, 0.2) is 41.6 Å². The van der Waals surface area contributed by atoms with Crippen LogP contribution in [0.3, 0.4) is 0 Å². The smallest absolute Gasteiger partial charge is 0.270 e. The van der Waals surface area contributed by atoms with Gasteiger partial charge in [-0.1, -0.05) is 12.1 Å². The highest BCUT2D eigenvalue weighted by atomic mass is 32.2. The standard InChI is InChI=1S/C24H24F3N5O4S/c1-24(26,27)18-5-4-17(19(25)10-18)12-30-22(33)20-3-2-8-32(20)23(34)16-6-7-29-21(9-16)37(35,36)31-13-15(11-28)14-31/h4-7,9-10,15,20H,2-3,8,12-14H2,1H3,(H,30,33)/t20-/m1/s1. The highest BCUT2D eigenvalue weighted by Crippen LogP contribution is 2.28. The quantitative estimate of drug-likeness (QED) is 0.581. The van der Waals surface area contributed by atoms with Gasteiger partial charge in [-0.2, -0.15) is 9.57 Å². The van der Waals surface area contributed by atoms with Gasteiger partial charge in [0.1, 0.15) is 11.9 Å². The third-order valence-corrected chi connectivity index (χ3v) is 8.18. The maximum atomic E-state index is 14.3. The number of hydrogen-bond acceptors (Lipinski definition) is 6. The molecule has 1 aromatic carbocycles. The molecule has 2 aliphatic heterocycles. The number of benzene rings is 1. The normalized spacial score (nSPS) is 18.8. The van der Waals surface area contributed by atoms with E-state index < -0.39 is 45.2 Å². The van der Waals surface area contributed by atoms with Crippen molar-refractivity contribution in [2.45, 2.75) is 43.3 Å². The maximum absolute atomic E-state index is 14.3. The number of carbonyl (C=O) groups excluding carboxylic acids is 2. The third kappa shape index (κ3) is 5.45. The van der Waals surface area contributed by atoms with E-state index >= 15 is 0 Å². The molecule has 0 aliphatic carbocycles. The first kappa shape index (κ1) is 26.6. The van der Waals surface area contributed by atoms with Gasteiger partial charge >= 0.3 is 0 Å². The largest absolute Gasteiger partial charge is 0.350 e. The Morgan fingerprint density at radius 2 is 1.97 bits per heavy atom. The molecule has 2 aliphatic rings. The van der Waals surface area contributed by atoms with Crippen molar-refractivity contribution in [3.63, 3.8) is 0 Å². The van der Waals surface area contributed by atoms with Crippen molar-refractivity contribution < 1.29 is 31.2 Å². The van der Waals surface area contributed by atoms with E-state index in [4.69, 9.17) is 5.26 Å². The zero-order valence-electron chi connectivity index (χ0n) is 19.8. The van der Waals surface area contributed by atoms with Crippen LogP contribution in [-0.4, -0.2) is 60.1 Å². The summed E-state index contributed by atoms with van der Waals surface area (Å²) in [4.78, 5) is 31.2. The molecule has 2 saturated heterocycles. The SMILES string of the molecule is CC(F)(F)c1ccc(CNC(=O)[C@H]2CCCN2C(=O)c2ccnc(S(=O)(=O)N3CC(C#N)C3)c2)c(F)c1. The lowest BCUT2D eigenvalue weighted by molar-refractivity contribution is -0.125. The molecule has 0 bridgehead atoms. The Bertz CT molecular complexity index is 1370. The zero-order chi connectivity index (χ0) is 27.0. The minimum atomic E-state index is -3.97. The molecule has 2 aromatic rings. The van der Waals surface area contributed by atoms with E-state index in [9.17, 15) is 31.2 Å². The number of likely N-dealkylation sites (tertiary alicyclic amines) is 1. The highest BCUT2D eigenvalue weighted by molar-refractivity contribution is 7.89. The predicted molar refractivity (Wildman–Crippen MR) is 124 cm³/mol. The fourth-order valence-electron chi connectivity index (χ4n) is 4.24. The minimum absolute atomic E-state index is 0.0193. The summed E-state index contributed by atoms with van der Waals surface area (Å²) in [6.45, 7) is 0.765. The van der Waals surface area contributed by atoms with Crippen LogP contribution in [0.2, 0.25) is 0 Å². The Hall–Kier alpha value is -3.50. The Morgan fingerprint density at radius 3 is 2.62 bits per heavy atom. The number of sulfonamides is 1. The van der Waals surface area contributed by atoms with Crippen molar-refractivity contribution in [1.82, 2.24) is 19.5 Å². The second kappa shape index (κ2) is 10.1. The monoisotopic (exact) mass is 535 g/mol. The van der Waals surface area contributed by atoms with Crippen molar-refractivity contribution in [1.29, 1.82) is 5.26 Å². The number of nitriles is 1. The first-order valence-electron chi connectivity index (χ1n) is 11.5. The molecular weight excluding hydrogens is 511 g/mol. The molecule has 2 fully saturated rings. The molecule has 0 saturated carbocycles. The number of rotatable bonds is 7. The molecule has 37 heavy (non-hydrogen) atoms. The molecule has 1 aromatic heterocycles. The summed E-state index contributed by atoms with van der Waals surface area (Å²) in [5.41, 5.74) is -0.427. The van der Waals surface area contributed by atoms with E-state index in [0.717, 1.165) is 22.5 Å². The Kier molecular flexibility index (Phi) is 7.25. The first-order chi connectivity index (χ1) is 17.4. The number of pyridine rings is 1. The van der Waals surface area contributed by atoms with Gasteiger partial charge < -0.3 is 10.2 Å². The van der Waals surface area contributed by atoms with Crippen molar-refractivity contribution >= 4 is 21.8 Å². The van der Waals surface area contributed by atoms with Gasteiger partial charge in [-0.3, -0.25) is 9.59 Å². The van der Waals surface area contributed by atoms with Crippen LogP contribution in [0.1, 0.15) is 41.3 Å². The van der Waals surface area contributed by atoms with Gasteiger partial charge in [0, 0.05) is 56.0 Å². The lowest BCUT2D eigenvalue weighted by Crippen LogP contribution is -2.49. The molecule has 0 spiro atoms. The van der Waals surface area contributed by atoms with Crippen LogP contribution in [-0.2, 0) is 27.3 Å². The number of aromatic nitrogens is 1. The average molecular weight is 536 g/mol. The number of hydrogen-bond donors (Lipinski definition) is 1. The maximum Gasteiger partial charge on any atom is 0.270 e. The van der Waals surface area contributed by atoms with Crippen molar-refractivity contribution in [3.8, 4) is 6.07 Å². The van der Waals surface area contributed by atoms with Gasteiger partial charge in [-0.05, 0) is 31.0 Å². The number of halogens is 3. The Balaban J connectivity index is 1.44. The van der Waals surface area contributed by atoms with E-state index in [-0.39, 0.29) is 48.2 Å². The lowest BCUT2D eigenvalue weighted by atomic mass is 10.1. The number of amides is 2. The van der Waals surface area contributed by atoms with Gasteiger partial charge in [0.2, 0.25) is 5.91 Å². The van der Waals surface area contributed by atoms with Gasteiger partial charge in [-0.25, -0.2) is 26.6 Å². The summed E-state index contributed by atoms with van der Waals surface area (Å²) in [5.74, 6) is -5.57. The molecule has 2 amide bonds. The molecule has 1 N–H and O–H groups in total. The fraction of sp³-hybridized carbons (Fsp3) is 0.417. The average Bonchev–Trinajstić information content (AvgIpc) is 3.31. The van der Waals surface area contributed by atoms with Crippen LogP contribution < -0.4 is 5.32 Å². The van der Waals surface area contributed by atoms with Gasteiger partial charge in [0.15, 0.2) is 5.03 Å². The summed E-state index contributed by atoms with van der Waals surface area (Å²) in [6.07, 6.45) is 2.07. The molecular formula is C24H24F3N5O4S. The highest BCUT2D eigenvalue weighted by Gasteiger charge is 2.39. The summed E-state index contributed by atoms with van der Waals surface area (Å²) in [5, 5.41) is 11.1. The van der Waals surface area contributed by atoms with Crippen molar-refractivity contribution in [2.24, 2.45) is 5.92 Å². The van der Waals surface area contributed by atoms with E-state index in [2.05, 4.69) is 10.3 Å². The number of nitrogens with zero attached hydrogens (tertiary/aromatic N) is 4. The topological polar surface area (TPSA) is 123 Å². The number of alkyl halides is 2. The molecule has 0 radical (unpaired) electrons. The van der Waals surface area contributed by atoms with Crippen LogP contribution in [0.5, 0.6) is 0 Å². The van der Waals surface area contributed by atoms with Gasteiger partial charge in [0.05, 0.1) is 12.0 Å². The van der Waals surface area contributed by atoms with Gasteiger partial charge in [0.25, 0.3) is 21.9 Å². The second-order valence-corrected chi connectivity index (χ2v) is 11.0. The van der Waals surface area contributed by atoms with E-state index in [0.29, 0.717) is 19.8 Å². The van der Waals surface area contributed by atoms with Crippen molar-refractivity contribution in [3.05, 3.63) is 59.0 Å². The molecule has 196 valence electrons. The van der Waals surface area contributed by atoms with E-state index in [1.54, 1.807) is 0 Å². The molecule has 13 heteroatoms. The van der Waals surface area contributed by atoms with E-state index in [1.807, 2.05) is 6.07 Å². The lowest BCUT2D eigenvalue weighted by Gasteiger charge is -2.33. The molecule has 9 nitrogen and oxygen atoms in total. The second-order valence-electron chi connectivity index (χ2n) is 9.10. The van der Waals surface area contributed by atoms with Crippen molar-refractivity contribution in [2.75, 3.05) is 19.6 Å². The number of nitrogens with one attached hydrogen (secondary N) is 1.